The Bertz CT molecular complexity index is 1010. The van der Waals surface area contributed by atoms with Gasteiger partial charge in [0.1, 0.15) is 5.56 Å². The molecule has 5 N–H and O–H groups in total. The number of anilines is 1. The van der Waals surface area contributed by atoms with Gasteiger partial charge >= 0.3 is 24.3 Å². The highest BCUT2D eigenvalue weighted by Crippen LogP contribution is 2.33. The molecule has 0 spiro atoms. The van der Waals surface area contributed by atoms with Crippen LogP contribution in [0.3, 0.4) is 0 Å². The van der Waals surface area contributed by atoms with Gasteiger partial charge in [0.15, 0.2) is 0 Å². The highest BCUT2D eigenvalue weighted by molar-refractivity contribution is 5.93. The summed E-state index contributed by atoms with van der Waals surface area (Å²) in [5, 5.41) is 35.0. The van der Waals surface area contributed by atoms with Gasteiger partial charge in [0.25, 0.3) is 5.69 Å². The van der Waals surface area contributed by atoms with Crippen LogP contribution in [0.2, 0.25) is 0 Å². The zero-order valence-electron chi connectivity index (χ0n) is 16.4. The van der Waals surface area contributed by atoms with Crippen molar-refractivity contribution in [1.82, 2.24) is 0 Å². The summed E-state index contributed by atoms with van der Waals surface area (Å²) in [5.74, 6) is -3.00. The third kappa shape index (κ3) is 9.02. The Morgan fingerprint density at radius 1 is 0.909 bits per heavy atom. The van der Waals surface area contributed by atoms with Crippen molar-refractivity contribution in [2.45, 2.75) is 19.3 Å². The number of benzene rings is 2. The number of alkyl halides is 6. The highest BCUT2D eigenvalue weighted by Gasteiger charge is 2.34. The number of aliphatic hydroxyl groups is 1. The van der Waals surface area contributed by atoms with Crippen molar-refractivity contribution in [1.29, 1.82) is 0 Å². The van der Waals surface area contributed by atoms with Crippen LogP contribution in [0.1, 0.15) is 38.8 Å². The minimum absolute atomic E-state index is 0.198. The number of nitrogen functional groups attached to an aromatic ring is 1. The van der Waals surface area contributed by atoms with Crippen LogP contribution in [0.15, 0.2) is 36.4 Å². The first kappa shape index (κ1) is 29.1. The molecule has 0 unspecified atom stereocenters. The van der Waals surface area contributed by atoms with Crippen molar-refractivity contribution in [2.75, 3.05) is 12.3 Å². The molecular formula is C18H16F6N2O7. The molecule has 0 bridgehead atoms. The smallest absolute Gasteiger partial charge is 0.416 e. The second kappa shape index (κ2) is 11.7. The lowest BCUT2D eigenvalue weighted by Gasteiger charge is -2.08. The van der Waals surface area contributed by atoms with Crippen LogP contribution in [0.25, 0.3) is 0 Å². The molecule has 0 aliphatic rings. The van der Waals surface area contributed by atoms with Crippen LogP contribution >= 0.6 is 0 Å². The monoisotopic (exact) mass is 486 g/mol. The van der Waals surface area contributed by atoms with E-state index in [1.54, 1.807) is 6.92 Å². The number of nitrogens with zero attached hydrogens (tertiary/aromatic N) is 1. The molecule has 2 aromatic carbocycles. The van der Waals surface area contributed by atoms with Gasteiger partial charge in [-0.3, -0.25) is 10.1 Å². The minimum Gasteiger partial charge on any atom is -0.478 e. The van der Waals surface area contributed by atoms with Gasteiger partial charge in [0.05, 0.1) is 21.6 Å². The Hall–Kier alpha value is -3.88. The number of carboxylic acid groups (broad SMARTS) is 2. The molecule has 0 atom stereocenters. The summed E-state index contributed by atoms with van der Waals surface area (Å²) in [7, 11) is 0. The number of rotatable bonds is 3. The number of nitrogens with two attached hydrogens (primary N) is 1. The molecule has 33 heavy (non-hydrogen) atoms. The zero-order valence-corrected chi connectivity index (χ0v) is 16.4. The number of carboxylic acids is 2. The molecule has 0 aliphatic heterocycles. The average molecular weight is 486 g/mol. The number of nitro benzene ring substituents is 1. The third-order valence-corrected chi connectivity index (χ3v) is 3.36. The molecule has 0 aromatic heterocycles. The van der Waals surface area contributed by atoms with Gasteiger partial charge in [-0.05, 0) is 37.3 Å². The van der Waals surface area contributed by atoms with E-state index in [0.717, 1.165) is 6.07 Å². The van der Waals surface area contributed by atoms with Gasteiger partial charge in [-0.1, -0.05) is 0 Å². The maximum atomic E-state index is 12.2. The summed E-state index contributed by atoms with van der Waals surface area (Å²) in [6.07, 6.45) is -9.26. The second-order valence-corrected chi connectivity index (χ2v) is 5.71. The predicted octanol–water partition coefficient (Wildman–Crippen LogP) is 4.30. The lowest BCUT2D eigenvalue weighted by Crippen LogP contribution is -2.08. The number of hydrogen-bond donors (Lipinski definition) is 4. The Morgan fingerprint density at radius 3 is 1.58 bits per heavy atom. The van der Waals surface area contributed by atoms with Crippen LogP contribution in [0.5, 0.6) is 0 Å². The second-order valence-electron chi connectivity index (χ2n) is 5.71. The van der Waals surface area contributed by atoms with Crippen molar-refractivity contribution < 1.29 is 56.2 Å². The normalized spacial score (nSPS) is 10.8. The average Bonchev–Trinajstić information content (AvgIpc) is 2.66. The Balaban J connectivity index is 0.000000558. The van der Waals surface area contributed by atoms with Crippen LogP contribution in [-0.4, -0.2) is 38.8 Å². The first-order valence-electron chi connectivity index (χ1n) is 8.37. The van der Waals surface area contributed by atoms with E-state index in [0.29, 0.717) is 24.3 Å². The fourth-order valence-corrected chi connectivity index (χ4v) is 1.97. The van der Waals surface area contributed by atoms with Crippen molar-refractivity contribution in [3.8, 4) is 0 Å². The molecule has 15 heteroatoms. The summed E-state index contributed by atoms with van der Waals surface area (Å²) >= 11 is 0. The van der Waals surface area contributed by atoms with Gasteiger partial charge in [-0.2, -0.15) is 26.3 Å². The van der Waals surface area contributed by atoms with Crippen molar-refractivity contribution >= 4 is 23.3 Å². The maximum Gasteiger partial charge on any atom is 0.416 e. The lowest BCUT2D eigenvalue weighted by molar-refractivity contribution is -0.385. The summed E-state index contributed by atoms with van der Waals surface area (Å²) in [6.45, 7) is 1.93. The first-order valence-corrected chi connectivity index (χ1v) is 8.37. The number of carbonyl (C=O) groups is 2. The molecule has 9 nitrogen and oxygen atoms in total. The molecule has 0 amide bonds. The van der Waals surface area contributed by atoms with E-state index in [2.05, 4.69) is 0 Å². The fraction of sp³-hybridized carbons (Fsp3) is 0.222. The van der Waals surface area contributed by atoms with Crippen LogP contribution < -0.4 is 5.73 Å². The summed E-state index contributed by atoms with van der Waals surface area (Å²) in [5.41, 5.74) is 0.328. The Morgan fingerprint density at radius 2 is 1.27 bits per heavy atom. The summed E-state index contributed by atoms with van der Waals surface area (Å²) in [4.78, 5) is 30.1. The van der Waals surface area contributed by atoms with Gasteiger partial charge in [-0.15, -0.1) is 0 Å². The molecular weight excluding hydrogens is 470 g/mol. The quantitative estimate of drug-likeness (QED) is 0.216. The summed E-state index contributed by atoms with van der Waals surface area (Å²) in [6, 6.07) is 3.35. The third-order valence-electron chi connectivity index (χ3n) is 3.36. The molecule has 0 radical (unpaired) electrons. The van der Waals surface area contributed by atoms with Crippen molar-refractivity contribution in [2.24, 2.45) is 0 Å². The molecule has 0 aliphatic carbocycles. The van der Waals surface area contributed by atoms with E-state index in [1.807, 2.05) is 0 Å². The molecule has 0 heterocycles. The van der Waals surface area contributed by atoms with E-state index in [9.17, 15) is 46.0 Å². The molecule has 2 rings (SSSR count). The van der Waals surface area contributed by atoms with Crippen LogP contribution in [0, 0.1) is 10.1 Å². The number of hydrogen-bond acceptors (Lipinski definition) is 6. The predicted molar refractivity (Wildman–Crippen MR) is 101 cm³/mol. The zero-order chi connectivity index (χ0) is 26.1. The molecule has 2 aromatic rings. The highest BCUT2D eigenvalue weighted by atomic mass is 19.4. The van der Waals surface area contributed by atoms with Gasteiger partial charge < -0.3 is 21.1 Å². The van der Waals surface area contributed by atoms with Gasteiger partial charge in [0, 0.05) is 18.4 Å². The van der Waals surface area contributed by atoms with Crippen molar-refractivity contribution in [3.63, 3.8) is 0 Å². The van der Waals surface area contributed by atoms with Crippen LogP contribution in [-0.2, 0) is 12.4 Å². The standard InChI is InChI=1S/C8H4F3NO4.C8H6F3NO2.C2H6O/c9-8(10,11)4-1-2-5(7(13)14)6(3-4)12(15)16;9-8(10,11)4-1-2-5(7(13)14)6(12)3-4;1-2-3/h1-3H,(H,13,14);1-3H,12H2,(H,13,14);3H,2H2,1H3. The fourth-order valence-electron chi connectivity index (χ4n) is 1.97. The minimum atomic E-state index is -4.75. The lowest BCUT2D eigenvalue weighted by atomic mass is 10.1. The number of aliphatic hydroxyl groups excluding tert-OH is 1. The van der Waals surface area contributed by atoms with E-state index in [4.69, 9.17) is 21.1 Å². The summed E-state index contributed by atoms with van der Waals surface area (Å²) < 4.78 is 72.9. The Kier molecular flexibility index (Phi) is 10.3. The Labute approximate surface area is 180 Å². The van der Waals surface area contributed by atoms with E-state index >= 15 is 0 Å². The van der Waals surface area contributed by atoms with Gasteiger partial charge in [0.2, 0.25) is 0 Å². The van der Waals surface area contributed by atoms with E-state index in [1.165, 1.54) is 0 Å². The molecule has 182 valence electrons. The molecule has 0 fully saturated rings. The van der Waals surface area contributed by atoms with Crippen molar-refractivity contribution in [3.05, 3.63) is 68.8 Å². The number of halogens is 6. The van der Waals surface area contributed by atoms with E-state index < -0.39 is 57.3 Å². The van der Waals surface area contributed by atoms with Crippen LogP contribution in [0.4, 0.5) is 37.7 Å². The SMILES string of the molecule is CCO.Nc1cc(C(F)(F)F)ccc1C(=O)O.O=C(O)c1ccc(C(F)(F)F)cc1[N+](=O)[O-]. The first-order chi connectivity index (χ1) is 15.0. The number of nitro groups is 1. The van der Waals surface area contributed by atoms with E-state index in [-0.39, 0.29) is 18.2 Å². The molecule has 0 saturated heterocycles. The number of aromatic carboxylic acids is 2. The maximum absolute atomic E-state index is 12.2. The van der Waals surface area contributed by atoms with Gasteiger partial charge in [-0.25, -0.2) is 9.59 Å². The largest absolute Gasteiger partial charge is 0.478 e. The topological polar surface area (TPSA) is 164 Å². The molecule has 0 saturated carbocycles.